The summed E-state index contributed by atoms with van der Waals surface area (Å²) < 4.78 is 5.52. The summed E-state index contributed by atoms with van der Waals surface area (Å²) in [5, 5.41) is 11.9. The van der Waals surface area contributed by atoms with Crippen molar-refractivity contribution in [2.75, 3.05) is 37.6 Å². The minimum absolute atomic E-state index is 0. The SMILES string of the molecule is O=C([O-])c1cc2cccc(N3CCN(CCc4ccccn4)CC3)c2o1.[Li+]. The number of piperazine rings is 1. The number of aromatic carboxylic acids is 1. The predicted molar refractivity (Wildman–Crippen MR) is 97.1 cm³/mol. The molecule has 1 fully saturated rings. The van der Waals surface area contributed by atoms with Crippen LogP contribution in [0.15, 0.2) is 53.1 Å². The Kier molecular flexibility index (Phi) is 6.22. The van der Waals surface area contributed by atoms with Gasteiger partial charge in [-0.2, -0.15) is 0 Å². The van der Waals surface area contributed by atoms with E-state index in [-0.39, 0.29) is 24.6 Å². The Balaban J connectivity index is 0.00000210. The number of benzene rings is 1. The number of aromatic nitrogens is 1. The molecule has 0 amide bonds. The molecule has 6 nitrogen and oxygen atoms in total. The average molecular weight is 357 g/mol. The number of anilines is 1. The Bertz CT molecular complexity index is 905. The summed E-state index contributed by atoms with van der Waals surface area (Å²) in [5.74, 6) is -1.41. The number of rotatable bonds is 5. The Morgan fingerprint density at radius 1 is 1.11 bits per heavy atom. The van der Waals surface area contributed by atoms with Crippen LogP contribution in [-0.4, -0.2) is 48.6 Å². The van der Waals surface area contributed by atoms with Crippen LogP contribution in [0.2, 0.25) is 0 Å². The number of hydrogen-bond donors (Lipinski definition) is 0. The van der Waals surface area contributed by atoms with Crippen molar-refractivity contribution in [1.29, 1.82) is 0 Å². The van der Waals surface area contributed by atoms with Crippen LogP contribution >= 0.6 is 0 Å². The number of carbonyl (C=O) groups excluding carboxylic acids is 1. The first kappa shape index (κ1) is 19.5. The van der Waals surface area contributed by atoms with Gasteiger partial charge in [-0.3, -0.25) is 9.88 Å². The van der Waals surface area contributed by atoms with Gasteiger partial charge in [-0.25, -0.2) is 0 Å². The fourth-order valence-corrected chi connectivity index (χ4v) is 3.43. The van der Waals surface area contributed by atoms with Crippen LogP contribution in [0.5, 0.6) is 0 Å². The zero-order chi connectivity index (χ0) is 17.9. The number of carboxylic acids is 1. The second-order valence-electron chi connectivity index (χ2n) is 6.49. The molecule has 0 spiro atoms. The molecule has 0 bridgehead atoms. The summed E-state index contributed by atoms with van der Waals surface area (Å²) in [6.45, 7) is 4.66. The van der Waals surface area contributed by atoms with Crippen LogP contribution < -0.4 is 28.9 Å². The van der Waals surface area contributed by atoms with E-state index in [9.17, 15) is 9.90 Å². The summed E-state index contributed by atoms with van der Waals surface area (Å²) in [5.41, 5.74) is 2.68. The van der Waals surface area contributed by atoms with Gasteiger partial charge in [-0.15, -0.1) is 0 Å². The van der Waals surface area contributed by atoms with Gasteiger partial charge in [0.05, 0.1) is 5.69 Å². The Hall–Kier alpha value is -2.26. The quantitative estimate of drug-likeness (QED) is 0.521. The molecule has 0 atom stereocenters. The molecule has 3 aromatic rings. The molecule has 134 valence electrons. The summed E-state index contributed by atoms with van der Waals surface area (Å²) in [7, 11) is 0. The third-order valence-electron chi connectivity index (χ3n) is 4.85. The number of carbonyl (C=O) groups is 1. The van der Waals surface area contributed by atoms with Crippen LogP contribution in [0.1, 0.15) is 16.2 Å². The third-order valence-corrected chi connectivity index (χ3v) is 4.85. The molecule has 0 saturated carbocycles. The molecule has 0 radical (unpaired) electrons. The summed E-state index contributed by atoms with van der Waals surface area (Å²) in [4.78, 5) is 20.1. The topological polar surface area (TPSA) is 72.6 Å². The zero-order valence-electron chi connectivity index (χ0n) is 15.4. The molecular formula is C20H20LiN3O3. The van der Waals surface area contributed by atoms with Gasteiger partial charge >= 0.3 is 18.9 Å². The first-order valence-electron chi connectivity index (χ1n) is 8.82. The van der Waals surface area contributed by atoms with Crippen molar-refractivity contribution in [3.05, 3.63) is 60.1 Å². The smallest absolute Gasteiger partial charge is 0.542 e. The van der Waals surface area contributed by atoms with Crippen molar-refractivity contribution in [2.45, 2.75) is 6.42 Å². The number of carboxylic acid groups (broad SMARTS) is 1. The Morgan fingerprint density at radius 3 is 2.63 bits per heavy atom. The number of para-hydroxylation sites is 1. The van der Waals surface area contributed by atoms with E-state index in [0.29, 0.717) is 5.58 Å². The van der Waals surface area contributed by atoms with Gasteiger partial charge in [0, 0.05) is 56.4 Å². The van der Waals surface area contributed by atoms with Crippen molar-refractivity contribution in [2.24, 2.45) is 0 Å². The van der Waals surface area contributed by atoms with Crippen LogP contribution in [-0.2, 0) is 6.42 Å². The number of nitrogens with zero attached hydrogens (tertiary/aromatic N) is 3. The molecule has 1 aromatic carbocycles. The molecule has 0 unspecified atom stereocenters. The maximum atomic E-state index is 11.1. The van der Waals surface area contributed by atoms with Crippen LogP contribution in [0.3, 0.4) is 0 Å². The molecule has 1 saturated heterocycles. The van der Waals surface area contributed by atoms with E-state index in [1.54, 1.807) is 0 Å². The Morgan fingerprint density at radius 2 is 1.93 bits per heavy atom. The first-order valence-corrected chi connectivity index (χ1v) is 8.82. The van der Waals surface area contributed by atoms with Crippen molar-refractivity contribution in [3.63, 3.8) is 0 Å². The van der Waals surface area contributed by atoms with E-state index >= 15 is 0 Å². The van der Waals surface area contributed by atoms with Gasteiger partial charge < -0.3 is 19.2 Å². The van der Waals surface area contributed by atoms with Gasteiger partial charge in [-0.05, 0) is 24.3 Å². The summed E-state index contributed by atoms with van der Waals surface area (Å²) in [6, 6.07) is 13.3. The molecule has 0 aliphatic carbocycles. The van der Waals surface area contributed by atoms with Crippen molar-refractivity contribution in [1.82, 2.24) is 9.88 Å². The average Bonchev–Trinajstić information content (AvgIpc) is 3.12. The van der Waals surface area contributed by atoms with Crippen LogP contribution in [0.25, 0.3) is 11.0 Å². The van der Waals surface area contributed by atoms with Gasteiger partial charge in [0.15, 0.2) is 11.3 Å². The maximum Gasteiger partial charge on any atom is 1.00 e. The molecule has 7 heteroatoms. The van der Waals surface area contributed by atoms with Gasteiger partial charge in [0.25, 0.3) is 0 Å². The zero-order valence-corrected chi connectivity index (χ0v) is 15.4. The van der Waals surface area contributed by atoms with Crippen LogP contribution in [0.4, 0.5) is 5.69 Å². The monoisotopic (exact) mass is 357 g/mol. The van der Waals surface area contributed by atoms with Gasteiger partial charge in [0.1, 0.15) is 5.97 Å². The van der Waals surface area contributed by atoms with E-state index in [1.807, 2.05) is 36.5 Å². The van der Waals surface area contributed by atoms with E-state index in [0.717, 1.165) is 55.9 Å². The normalized spacial score (nSPS) is 14.9. The first-order chi connectivity index (χ1) is 12.7. The summed E-state index contributed by atoms with van der Waals surface area (Å²) >= 11 is 0. The third kappa shape index (κ3) is 4.36. The Labute approximate surface area is 170 Å². The van der Waals surface area contributed by atoms with Crippen molar-refractivity contribution < 1.29 is 33.2 Å². The second-order valence-corrected chi connectivity index (χ2v) is 6.49. The van der Waals surface area contributed by atoms with E-state index in [1.165, 1.54) is 6.07 Å². The number of furan rings is 1. The van der Waals surface area contributed by atoms with E-state index in [4.69, 9.17) is 4.42 Å². The summed E-state index contributed by atoms with van der Waals surface area (Å²) in [6.07, 6.45) is 2.78. The van der Waals surface area contributed by atoms with Crippen molar-refractivity contribution in [3.8, 4) is 0 Å². The molecule has 27 heavy (non-hydrogen) atoms. The van der Waals surface area contributed by atoms with E-state index in [2.05, 4.69) is 20.9 Å². The van der Waals surface area contributed by atoms with Gasteiger partial charge in [0.2, 0.25) is 0 Å². The van der Waals surface area contributed by atoms with E-state index < -0.39 is 5.97 Å². The maximum absolute atomic E-state index is 11.1. The molecule has 3 heterocycles. The largest absolute Gasteiger partial charge is 1.00 e. The second kappa shape index (κ2) is 8.62. The molecule has 0 N–H and O–H groups in total. The molecule has 1 aliphatic heterocycles. The fourth-order valence-electron chi connectivity index (χ4n) is 3.43. The molecular weight excluding hydrogens is 337 g/mol. The number of fused-ring (bicyclic) bond motifs is 1. The number of hydrogen-bond acceptors (Lipinski definition) is 6. The minimum Gasteiger partial charge on any atom is -0.542 e. The molecule has 4 rings (SSSR count). The predicted octanol–water partition coefficient (Wildman–Crippen LogP) is -1.44. The molecule has 1 aliphatic rings. The molecule has 2 aromatic heterocycles. The standard InChI is InChI=1S/C20H21N3O3.Li/c24-20(25)18-14-15-4-3-6-17(19(15)26-18)23-12-10-22(11-13-23)9-7-16-5-1-2-8-21-16;/h1-6,8,14H,7,9-13H2,(H,24,25);/q;+1/p-1. The van der Waals surface area contributed by atoms with Crippen LogP contribution in [0, 0.1) is 0 Å². The van der Waals surface area contributed by atoms with Crippen molar-refractivity contribution >= 4 is 22.6 Å². The number of pyridine rings is 1. The minimum atomic E-state index is -1.29. The van der Waals surface area contributed by atoms with Gasteiger partial charge in [-0.1, -0.05) is 18.2 Å². The fraction of sp³-hybridized carbons (Fsp3) is 0.300.